The van der Waals surface area contributed by atoms with Gasteiger partial charge in [0.2, 0.25) is 0 Å². The first kappa shape index (κ1) is 16.3. The number of likely N-dealkylation sites (tertiary alicyclic amines) is 1. The average molecular weight is 316 g/mol. The first-order valence-corrected chi connectivity index (χ1v) is 8.65. The van der Waals surface area contributed by atoms with E-state index in [-0.39, 0.29) is 12.1 Å². The van der Waals surface area contributed by atoms with Crippen LogP contribution in [0.15, 0.2) is 30.3 Å². The van der Waals surface area contributed by atoms with E-state index < -0.39 is 5.60 Å². The zero-order chi connectivity index (χ0) is 16.6. The van der Waals surface area contributed by atoms with Crippen LogP contribution in [0.1, 0.15) is 52.1 Å². The van der Waals surface area contributed by atoms with Gasteiger partial charge in [0.1, 0.15) is 5.60 Å². The lowest BCUT2D eigenvalue weighted by atomic mass is 10.0. The molecule has 1 amide bonds. The number of carbonyl (C=O) groups is 1. The van der Waals surface area contributed by atoms with Gasteiger partial charge in [-0.05, 0) is 52.0 Å². The highest BCUT2D eigenvalue weighted by Crippen LogP contribution is 2.42. The zero-order valence-corrected chi connectivity index (χ0v) is 14.6. The van der Waals surface area contributed by atoms with Crippen LogP contribution in [0.4, 0.5) is 4.79 Å². The standard InChI is InChI=1S/C19H28N2O2/c1-13(14-8-6-5-7-9-14)21-12-15-10-11-16(21)17(15)20-18(22)23-19(2,3)4/h5-9,13,15-17H,10-12H2,1-4H3,(H,20,22)/t13-,15+,16+,17+/m0/s1. The Labute approximate surface area is 139 Å². The highest BCUT2D eigenvalue weighted by molar-refractivity contribution is 5.68. The Hall–Kier alpha value is -1.55. The normalized spacial score (nSPS) is 28.6. The Kier molecular flexibility index (Phi) is 4.37. The van der Waals surface area contributed by atoms with Gasteiger partial charge in [0, 0.05) is 18.6 Å². The number of fused-ring (bicyclic) bond motifs is 2. The number of benzene rings is 1. The summed E-state index contributed by atoms with van der Waals surface area (Å²) in [6.45, 7) is 9.03. The summed E-state index contributed by atoms with van der Waals surface area (Å²) >= 11 is 0. The Morgan fingerprint density at radius 1 is 1.26 bits per heavy atom. The molecular weight excluding hydrogens is 288 g/mol. The zero-order valence-electron chi connectivity index (χ0n) is 14.6. The molecule has 2 bridgehead atoms. The van der Waals surface area contributed by atoms with Gasteiger partial charge in [-0.1, -0.05) is 30.3 Å². The van der Waals surface area contributed by atoms with Crippen LogP contribution in [-0.4, -0.2) is 35.2 Å². The van der Waals surface area contributed by atoms with Crippen LogP contribution in [0.3, 0.4) is 0 Å². The van der Waals surface area contributed by atoms with E-state index in [2.05, 4.69) is 47.5 Å². The maximum Gasteiger partial charge on any atom is 0.407 e. The molecule has 0 spiro atoms. The lowest BCUT2D eigenvalue weighted by molar-refractivity contribution is 0.0489. The Morgan fingerprint density at radius 3 is 2.61 bits per heavy atom. The lowest BCUT2D eigenvalue weighted by Crippen LogP contribution is -2.45. The maximum absolute atomic E-state index is 12.1. The summed E-state index contributed by atoms with van der Waals surface area (Å²) in [6.07, 6.45) is 2.07. The predicted molar refractivity (Wildman–Crippen MR) is 91.2 cm³/mol. The Balaban J connectivity index is 1.66. The van der Waals surface area contributed by atoms with Crippen LogP contribution in [0.2, 0.25) is 0 Å². The second-order valence-corrected chi connectivity index (χ2v) is 7.86. The molecule has 0 unspecified atom stereocenters. The van der Waals surface area contributed by atoms with E-state index in [1.165, 1.54) is 12.0 Å². The molecule has 0 radical (unpaired) electrons. The van der Waals surface area contributed by atoms with E-state index in [0.29, 0.717) is 18.0 Å². The number of rotatable bonds is 3. The van der Waals surface area contributed by atoms with Gasteiger partial charge in [-0.2, -0.15) is 0 Å². The molecule has 1 heterocycles. The molecule has 1 saturated heterocycles. The van der Waals surface area contributed by atoms with Gasteiger partial charge >= 0.3 is 6.09 Å². The fourth-order valence-corrected chi connectivity index (χ4v) is 4.07. The van der Waals surface area contributed by atoms with Crippen molar-refractivity contribution in [3.63, 3.8) is 0 Å². The average Bonchev–Trinajstić information content (AvgIpc) is 3.02. The number of ether oxygens (including phenoxy) is 1. The van der Waals surface area contributed by atoms with Crippen molar-refractivity contribution in [3.8, 4) is 0 Å². The van der Waals surface area contributed by atoms with Gasteiger partial charge in [-0.25, -0.2) is 4.79 Å². The van der Waals surface area contributed by atoms with E-state index in [4.69, 9.17) is 4.74 Å². The molecule has 0 aromatic heterocycles. The highest BCUT2D eigenvalue weighted by Gasteiger charge is 2.49. The van der Waals surface area contributed by atoms with Crippen molar-refractivity contribution >= 4 is 6.09 Å². The molecule has 1 N–H and O–H groups in total. The number of carbonyl (C=O) groups excluding carboxylic acids is 1. The van der Waals surface area contributed by atoms with Crippen LogP contribution in [0.5, 0.6) is 0 Å². The van der Waals surface area contributed by atoms with E-state index in [1.807, 2.05) is 20.8 Å². The van der Waals surface area contributed by atoms with Crippen LogP contribution in [0, 0.1) is 5.92 Å². The fourth-order valence-electron chi connectivity index (χ4n) is 4.07. The van der Waals surface area contributed by atoms with Crippen molar-refractivity contribution in [1.29, 1.82) is 0 Å². The summed E-state index contributed by atoms with van der Waals surface area (Å²) in [6, 6.07) is 11.6. The molecule has 1 aromatic carbocycles. The molecule has 3 rings (SSSR count). The minimum absolute atomic E-state index is 0.219. The third-order valence-corrected chi connectivity index (χ3v) is 5.09. The molecule has 1 aliphatic carbocycles. The SMILES string of the molecule is C[C@@H](c1ccccc1)N1C[C@H]2CC[C@@H]1[C@@H]2NC(=O)OC(C)(C)C. The van der Waals surface area contributed by atoms with E-state index in [9.17, 15) is 4.79 Å². The van der Waals surface area contributed by atoms with Crippen molar-refractivity contribution < 1.29 is 9.53 Å². The van der Waals surface area contributed by atoms with Crippen molar-refractivity contribution in [1.82, 2.24) is 10.2 Å². The number of amides is 1. The lowest BCUT2D eigenvalue weighted by Gasteiger charge is -2.33. The van der Waals surface area contributed by atoms with Gasteiger partial charge in [-0.15, -0.1) is 0 Å². The van der Waals surface area contributed by atoms with Gasteiger partial charge < -0.3 is 10.1 Å². The quantitative estimate of drug-likeness (QED) is 0.923. The summed E-state index contributed by atoms with van der Waals surface area (Å²) in [7, 11) is 0. The summed E-state index contributed by atoms with van der Waals surface area (Å²) in [5.74, 6) is 0.540. The largest absolute Gasteiger partial charge is 0.444 e. The molecule has 1 aromatic rings. The molecule has 23 heavy (non-hydrogen) atoms. The van der Waals surface area contributed by atoms with Crippen LogP contribution >= 0.6 is 0 Å². The van der Waals surface area contributed by atoms with Crippen LogP contribution < -0.4 is 5.32 Å². The van der Waals surface area contributed by atoms with E-state index in [1.54, 1.807) is 0 Å². The van der Waals surface area contributed by atoms with Crippen molar-refractivity contribution in [2.75, 3.05) is 6.54 Å². The van der Waals surface area contributed by atoms with Gasteiger partial charge in [0.25, 0.3) is 0 Å². The van der Waals surface area contributed by atoms with Crippen LogP contribution in [-0.2, 0) is 4.74 Å². The summed E-state index contributed by atoms with van der Waals surface area (Å²) < 4.78 is 5.44. The van der Waals surface area contributed by atoms with Gasteiger partial charge in [0.15, 0.2) is 0 Å². The summed E-state index contributed by atoms with van der Waals surface area (Å²) in [4.78, 5) is 14.7. The van der Waals surface area contributed by atoms with Gasteiger partial charge in [-0.3, -0.25) is 4.90 Å². The number of nitrogens with zero attached hydrogens (tertiary/aromatic N) is 1. The van der Waals surface area contributed by atoms with Gasteiger partial charge in [0.05, 0.1) is 6.04 Å². The number of piperidine rings is 1. The number of nitrogens with one attached hydrogen (secondary N) is 1. The fraction of sp³-hybridized carbons (Fsp3) is 0.632. The molecular formula is C19H28N2O2. The molecule has 2 fully saturated rings. The number of hydrogen-bond acceptors (Lipinski definition) is 3. The molecule has 2 aliphatic rings. The third kappa shape index (κ3) is 3.52. The first-order valence-electron chi connectivity index (χ1n) is 8.65. The number of hydrogen-bond donors (Lipinski definition) is 1. The molecule has 4 atom stereocenters. The number of alkyl carbamates (subject to hydrolysis) is 1. The topological polar surface area (TPSA) is 41.6 Å². The first-order chi connectivity index (χ1) is 10.8. The second kappa shape index (κ2) is 6.16. The van der Waals surface area contributed by atoms with Crippen molar-refractivity contribution in [2.24, 2.45) is 5.92 Å². The molecule has 1 aliphatic heterocycles. The summed E-state index contributed by atoms with van der Waals surface area (Å²) in [5, 5.41) is 3.13. The molecule has 4 heteroatoms. The molecule has 1 saturated carbocycles. The molecule has 126 valence electrons. The summed E-state index contributed by atoms with van der Waals surface area (Å²) in [5.41, 5.74) is 0.898. The Morgan fingerprint density at radius 2 is 1.96 bits per heavy atom. The van der Waals surface area contributed by atoms with Crippen molar-refractivity contribution in [2.45, 2.75) is 64.3 Å². The highest BCUT2D eigenvalue weighted by atomic mass is 16.6. The maximum atomic E-state index is 12.1. The Bertz CT molecular complexity index is 552. The van der Waals surface area contributed by atoms with Crippen molar-refractivity contribution in [3.05, 3.63) is 35.9 Å². The van der Waals surface area contributed by atoms with Crippen LogP contribution in [0.25, 0.3) is 0 Å². The predicted octanol–water partition coefficient (Wildman–Crippen LogP) is 3.74. The van der Waals surface area contributed by atoms with E-state index in [0.717, 1.165) is 13.0 Å². The minimum Gasteiger partial charge on any atom is -0.444 e. The van der Waals surface area contributed by atoms with E-state index >= 15 is 0 Å². The molecule has 4 nitrogen and oxygen atoms in total. The second-order valence-electron chi connectivity index (χ2n) is 7.86. The minimum atomic E-state index is -0.446. The third-order valence-electron chi connectivity index (χ3n) is 5.09. The smallest absolute Gasteiger partial charge is 0.407 e. The monoisotopic (exact) mass is 316 g/mol.